The molecule has 0 bridgehead atoms. The highest BCUT2D eigenvalue weighted by atomic mass is 16.6. The number of nitrogens with zero attached hydrogens (tertiary/aromatic N) is 4. The van der Waals surface area contributed by atoms with Gasteiger partial charge in [-0.3, -0.25) is 10.1 Å². The first-order valence-electron chi connectivity index (χ1n) is 5.85. The van der Waals surface area contributed by atoms with Crippen molar-refractivity contribution in [3.05, 3.63) is 50.8 Å². The minimum Gasteiger partial charge on any atom is -0.478 e. The number of nitro benzene ring substituents is 1. The normalized spacial score (nSPS) is 10.1. The van der Waals surface area contributed by atoms with Gasteiger partial charge in [-0.2, -0.15) is 10.4 Å². The van der Waals surface area contributed by atoms with Crippen LogP contribution in [0.4, 0.5) is 5.69 Å². The number of hydrogen-bond donors (Lipinski definition) is 1. The molecule has 1 aromatic carbocycles. The van der Waals surface area contributed by atoms with Gasteiger partial charge in [0.25, 0.3) is 5.69 Å². The number of carbonyl (C=O) groups is 1. The van der Waals surface area contributed by atoms with Crippen molar-refractivity contribution < 1.29 is 14.8 Å². The molecule has 0 spiro atoms. The first-order valence-corrected chi connectivity index (χ1v) is 5.85. The molecule has 0 aliphatic rings. The number of aryl methyl sites for hydroxylation is 1. The average Bonchev–Trinajstić information content (AvgIpc) is 2.73. The maximum atomic E-state index is 11.2. The number of aromatic carboxylic acids is 1. The Morgan fingerprint density at radius 3 is 2.62 bits per heavy atom. The van der Waals surface area contributed by atoms with Crippen LogP contribution in [-0.4, -0.2) is 25.8 Å². The van der Waals surface area contributed by atoms with Gasteiger partial charge in [-0.15, -0.1) is 0 Å². The van der Waals surface area contributed by atoms with Crippen LogP contribution in [0.5, 0.6) is 0 Å². The average molecular weight is 286 g/mol. The summed E-state index contributed by atoms with van der Waals surface area (Å²) < 4.78 is 1.21. The summed E-state index contributed by atoms with van der Waals surface area (Å²) in [6.07, 6.45) is 0. The monoisotopic (exact) mass is 286 g/mol. The fraction of sp³-hybridized carbons (Fsp3) is 0.154. The van der Waals surface area contributed by atoms with Gasteiger partial charge in [-0.25, -0.2) is 9.48 Å². The van der Waals surface area contributed by atoms with E-state index in [1.54, 1.807) is 0 Å². The van der Waals surface area contributed by atoms with Crippen molar-refractivity contribution in [1.29, 1.82) is 5.26 Å². The zero-order valence-electron chi connectivity index (χ0n) is 11.2. The molecular weight excluding hydrogens is 276 g/mol. The van der Waals surface area contributed by atoms with Crippen molar-refractivity contribution in [2.45, 2.75) is 13.8 Å². The summed E-state index contributed by atoms with van der Waals surface area (Å²) in [6.45, 7) is 3.04. The van der Waals surface area contributed by atoms with Crippen LogP contribution >= 0.6 is 0 Å². The second-order valence-electron chi connectivity index (χ2n) is 4.34. The Labute approximate surface area is 119 Å². The molecule has 8 nitrogen and oxygen atoms in total. The van der Waals surface area contributed by atoms with Gasteiger partial charge in [-0.1, -0.05) is 0 Å². The summed E-state index contributed by atoms with van der Waals surface area (Å²) in [5.74, 6) is -1.15. The van der Waals surface area contributed by atoms with Gasteiger partial charge in [0, 0.05) is 6.07 Å². The van der Waals surface area contributed by atoms with E-state index in [1.165, 1.54) is 30.7 Å². The van der Waals surface area contributed by atoms with E-state index in [4.69, 9.17) is 10.4 Å². The molecule has 0 amide bonds. The van der Waals surface area contributed by atoms with E-state index in [2.05, 4.69) is 5.10 Å². The lowest BCUT2D eigenvalue weighted by molar-refractivity contribution is -0.384. The molecule has 0 unspecified atom stereocenters. The van der Waals surface area contributed by atoms with Crippen molar-refractivity contribution in [2.24, 2.45) is 0 Å². The summed E-state index contributed by atoms with van der Waals surface area (Å²) in [5.41, 5.74) is 0.509. The van der Waals surface area contributed by atoms with Crippen LogP contribution in [0.3, 0.4) is 0 Å². The fourth-order valence-electron chi connectivity index (χ4n) is 2.11. The van der Waals surface area contributed by atoms with Gasteiger partial charge < -0.3 is 5.11 Å². The van der Waals surface area contributed by atoms with Gasteiger partial charge in [-0.05, 0) is 26.0 Å². The SMILES string of the molecule is Cc1nn(-c2ccc(C#N)cc2[N+](=O)[O-])c(C)c1C(=O)O. The van der Waals surface area contributed by atoms with E-state index in [0.29, 0.717) is 0 Å². The molecule has 1 heterocycles. The molecule has 1 N–H and O–H groups in total. The highest BCUT2D eigenvalue weighted by Gasteiger charge is 2.23. The van der Waals surface area contributed by atoms with E-state index >= 15 is 0 Å². The molecule has 0 fully saturated rings. The second-order valence-corrected chi connectivity index (χ2v) is 4.34. The van der Waals surface area contributed by atoms with Crippen LogP contribution in [0.2, 0.25) is 0 Å². The fourth-order valence-corrected chi connectivity index (χ4v) is 2.11. The van der Waals surface area contributed by atoms with Gasteiger partial charge in [0.2, 0.25) is 0 Å². The maximum Gasteiger partial charge on any atom is 0.339 e. The van der Waals surface area contributed by atoms with Gasteiger partial charge in [0.05, 0.1) is 27.9 Å². The van der Waals surface area contributed by atoms with Gasteiger partial charge >= 0.3 is 5.97 Å². The lowest BCUT2D eigenvalue weighted by atomic mass is 10.1. The highest BCUT2D eigenvalue weighted by Crippen LogP contribution is 2.26. The number of hydrogen-bond acceptors (Lipinski definition) is 5. The first kappa shape index (κ1) is 14.2. The molecule has 0 atom stereocenters. The van der Waals surface area contributed by atoms with Crippen LogP contribution in [0.25, 0.3) is 5.69 Å². The number of rotatable bonds is 3. The lowest BCUT2D eigenvalue weighted by Crippen LogP contribution is -2.05. The Morgan fingerprint density at radius 1 is 1.48 bits per heavy atom. The largest absolute Gasteiger partial charge is 0.478 e. The molecule has 21 heavy (non-hydrogen) atoms. The zero-order chi connectivity index (χ0) is 15.7. The zero-order valence-corrected chi connectivity index (χ0v) is 11.2. The molecule has 0 saturated heterocycles. The van der Waals surface area contributed by atoms with Crippen LogP contribution in [0, 0.1) is 35.3 Å². The quantitative estimate of drug-likeness (QED) is 0.679. The Morgan fingerprint density at radius 2 is 2.14 bits per heavy atom. The van der Waals surface area contributed by atoms with Gasteiger partial charge in [0.1, 0.15) is 11.3 Å². The first-order chi connectivity index (χ1) is 9.86. The summed E-state index contributed by atoms with van der Waals surface area (Å²) >= 11 is 0. The van der Waals surface area contributed by atoms with E-state index in [1.807, 2.05) is 6.07 Å². The summed E-state index contributed by atoms with van der Waals surface area (Å²) in [7, 11) is 0. The second kappa shape index (κ2) is 5.05. The van der Waals surface area contributed by atoms with Crippen molar-refractivity contribution in [2.75, 3.05) is 0 Å². The third-order valence-corrected chi connectivity index (χ3v) is 3.03. The van der Waals surface area contributed by atoms with E-state index in [9.17, 15) is 14.9 Å². The molecule has 106 valence electrons. The maximum absolute atomic E-state index is 11.2. The van der Waals surface area contributed by atoms with Crippen LogP contribution in [0.1, 0.15) is 27.3 Å². The smallest absolute Gasteiger partial charge is 0.339 e. The van der Waals surface area contributed by atoms with Crippen molar-refractivity contribution in [1.82, 2.24) is 9.78 Å². The van der Waals surface area contributed by atoms with Gasteiger partial charge in [0.15, 0.2) is 0 Å². The number of nitriles is 1. The molecule has 1 aromatic heterocycles. The molecule has 0 saturated carbocycles. The number of carboxylic acids is 1. The topological polar surface area (TPSA) is 122 Å². The van der Waals surface area contributed by atoms with Crippen molar-refractivity contribution >= 4 is 11.7 Å². The number of benzene rings is 1. The third-order valence-electron chi connectivity index (χ3n) is 3.03. The molecule has 0 aliphatic heterocycles. The Bertz CT molecular complexity index is 801. The Kier molecular flexibility index (Phi) is 3.42. The van der Waals surface area contributed by atoms with E-state index in [0.717, 1.165) is 6.07 Å². The minimum atomic E-state index is -1.15. The Balaban J connectivity index is 2.74. The number of nitro groups is 1. The summed E-state index contributed by atoms with van der Waals surface area (Å²) in [5, 5.41) is 33.1. The highest BCUT2D eigenvalue weighted by molar-refractivity contribution is 5.90. The van der Waals surface area contributed by atoms with Crippen LogP contribution in [0.15, 0.2) is 18.2 Å². The third kappa shape index (κ3) is 2.32. The van der Waals surface area contributed by atoms with E-state index in [-0.39, 0.29) is 33.9 Å². The van der Waals surface area contributed by atoms with Crippen LogP contribution < -0.4 is 0 Å². The molecule has 2 rings (SSSR count). The predicted molar refractivity (Wildman–Crippen MR) is 71.4 cm³/mol. The summed E-state index contributed by atoms with van der Waals surface area (Å²) in [4.78, 5) is 21.7. The predicted octanol–water partition coefficient (Wildman–Crippen LogP) is 1.97. The van der Waals surface area contributed by atoms with Crippen molar-refractivity contribution in [3.63, 3.8) is 0 Å². The number of aromatic nitrogens is 2. The molecule has 8 heteroatoms. The van der Waals surface area contributed by atoms with Crippen molar-refractivity contribution in [3.8, 4) is 11.8 Å². The standard InChI is InChI=1S/C13H10N4O4/c1-7-12(13(18)19)8(2)16(15-7)10-4-3-9(6-14)5-11(10)17(20)21/h3-5H,1-2H3,(H,18,19). The number of carboxylic acid groups (broad SMARTS) is 1. The van der Waals surface area contributed by atoms with Crippen LogP contribution in [-0.2, 0) is 0 Å². The summed E-state index contributed by atoms with van der Waals surface area (Å²) in [6, 6.07) is 5.75. The Hall–Kier alpha value is -3.21. The molecule has 0 aliphatic carbocycles. The van der Waals surface area contributed by atoms with E-state index < -0.39 is 10.9 Å². The lowest BCUT2D eigenvalue weighted by Gasteiger charge is -2.05. The molecule has 2 aromatic rings. The molecule has 0 radical (unpaired) electrons. The molecular formula is C13H10N4O4. The minimum absolute atomic E-state index is 0.00802.